The van der Waals surface area contributed by atoms with E-state index in [0.29, 0.717) is 19.4 Å². The average Bonchev–Trinajstić information content (AvgIpc) is 2.80. The zero-order chi connectivity index (χ0) is 16.8. The Balaban J connectivity index is 1.96. The summed E-state index contributed by atoms with van der Waals surface area (Å²) < 4.78 is 10.3. The molecule has 1 aliphatic heterocycles. The molecule has 118 valence electrons. The van der Waals surface area contributed by atoms with Crippen molar-refractivity contribution in [2.45, 2.75) is 32.4 Å². The standard InChI is InChI=1S/C15H17BN4O3/c1-10-5-14(19-9-16-23)15(22)20(10)8-13(21)4-3-12-6-17-11(2)18-7-12/h3-4,6-7,9-10,14H,5,8H2,1-2H3/b4-3+,19-9?/t10-,14+/m1/s1. The first-order valence-electron chi connectivity index (χ1n) is 7.28. The number of aliphatic imine (C=N–C) groups is 1. The normalized spacial score (nSPS) is 21.3. The molecule has 23 heavy (non-hydrogen) atoms. The van der Waals surface area contributed by atoms with Gasteiger partial charge >= 0.3 is 121 Å². The number of carbonyl (C=O) groups is 2. The SMILES string of the molecule is Cc1ncc(/C=C/C(=O)CN2C(=O)[C@@H](N=CB=O)C[C@H]2C)cn1. The third kappa shape index (κ3) is 4.48. The monoisotopic (exact) mass is 312 g/mol. The van der Waals surface area contributed by atoms with E-state index in [-0.39, 0.29) is 24.3 Å². The molecule has 0 spiro atoms. The van der Waals surface area contributed by atoms with E-state index < -0.39 is 6.04 Å². The molecule has 0 bridgehead atoms. The summed E-state index contributed by atoms with van der Waals surface area (Å²) in [6, 6.07) is -0.658. The summed E-state index contributed by atoms with van der Waals surface area (Å²) in [4.78, 5) is 37.7. The van der Waals surface area contributed by atoms with E-state index >= 15 is 0 Å². The van der Waals surface area contributed by atoms with E-state index in [0.717, 1.165) is 11.7 Å². The second-order valence-electron chi connectivity index (χ2n) is 5.36. The maximum atomic E-state index is 12.2. The van der Waals surface area contributed by atoms with Gasteiger partial charge in [0.15, 0.2) is 0 Å². The zero-order valence-corrected chi connectivity index (χ0v) is 13.0. The van der Waals surface area contributed by atoms with E-state index in [9.17, 15) is 14.3 Å². The van der Waals surface area contributed by atoms with Crippen molar-refractivity contribution in [1.82, 2.24) is 14.9 Å². The van der Waals surface area contributed by atoms with Crippen LogP contribution in [0.2, 0.25) is 0 Å². The van der Waals surface area contributed by atoms with Crippen molar-refractivity contribution >= 4 is 31.0 Å². The van der Waals surface area contributed by atoms with Gasteiger partial charge < -0.3 is 0 Å². The molecular weight excluding hydrogens is 295 g/mol. The molecule has 1 saturated heterocycles. The van der Waals surface area contributed by atoms with Crippen LogP contribution in [0.15, 0.2) is 23.5 Å². The first kappa shape index (κ1) is 16.9. The molecule has 1 aliphatic rings. The summed E-state index contributed by atoms with van der Waals surface area (Å²) in [5.41, 5.74) is 0.721. The Labute approximate surface area is 134 Å². The number of nitrogens with zero attached hydrogens (tertiary/aromatic N) is 4. The molecule has 2 heterocycles. The first-order valence-corrected chi connectivity index (χ1v) is 7.28. The van der Waals surface area contributed by atoms with Crippen LogP contribution >= 0.6 is 0 Å². The fourth-order valence-corrected chi connectivity index (χ4v) is 2.36. The van der Waals surface area contributed by atoms with Crippen LogP contribution in [0, 0.1) is 6.92 Å². The van der Waals surface area contributed by atoms with Crippen molar-refractivity contribution < 1.29 is 14.3 Å². The van der Waals surface area contributed by atoms with E-state index in [4.69, 9.17) is 0 Å². The van der Waals surface area contributed by atoms with Crippen LogP contribution in [0.4, 0.5) is 0 Å². The van der Waals surface area contributed by atoms with Crippen molar-refractivity contribution in [2.75, 3.05) is 6.54 Å². The molecule has 0 N–H and O–H groups in total. The second-order valence-corrected chi connectivity index (χ2v) is 5.36. The summed E-state index contributed by atoms with van der Waals surface area (Å²) in [7, 11) is 0.540. The Kier molecular flexibility index (Phi) is 5.62. The predicted octanol–water partition coefficient (Wildman–Crippen LogP) is 0.435. The molecule has 0 aliphatic carbocycles. The van der Waals surface area contributed by atoms with Crippen LogP contribution in [0.3, 0.4) is 0 Å². The number of hydrogen-bond donors (Lipinski definition) is 0. The van der Waals surface area contributed by atoms with E-state index in [1.807, 2.05) is 6.92 Å². The van der Waals surface area contributed by atoms with Crippen LogP contribution in [0.5, 0.6) is 0 Å². The van der Waals surface area contributed by atoms with Gasteiger partial charge in [-0.1, -0.05) is 0 Å². The Morgan fingerprint density at radius 2 is 2.17 bits per heavy atom. The average molecular weight is 312 g/mol. The topological polar surface area (TPSA) is 92.6 Å². The minimum absolute atomic E-state index is 0.00364. The zero-order valence-electron chi connectivity index (χ0n) is 13.0. The molecule has 0 radical (unpaired) electrons. The van der Waals surface area contributed by atoms with Gasteiger partial charge in [-0.25, -0.2) is 0 Å². The van der Waals surface area contributed by atoms with Gasteiger partial charge in [0.05, 0.1) is 0 Å². The number of hydrogen-bond acceptors (Lipinski definition) is 6. The summed E-state index contributed by atoms with van der Waals surface area (Å²) in [6.07, 6.45) is 7.87. The molecule has 2 atom stereocenters. The third-order valence-corrected chi connectivity index (χ3v) is 3.58. The minimum atomic E-state index is -0.572. The van der Waals surface area contributed by atoms with Crippen molar-refractivity contribution in [3.8, 4) is 0 Å². The molecule has 1 aromatic rings. The van der Waals surface area contributed by atoms with Gasteiger partial charge in [-0.2, -0.15) is 0 Å². The fourth-order valence-electron chi connectivity index (χ4n) is 2.36. The van der Waals surface area contributed by atoms with Gasteiger partial charge in [-0.3, -0.25) is 0 Å². The summed E-state index contributed by atoms with van der Waals surface area (Å²) >= 11 is 0. The van der Waals surface area contributed by atoms with Crippen LogP contribution in [-0.4, -0.2) is 58.5 Å². The molecule has 1 fully saturated rings. The Bertz CT molecular complexity index is 657. The molecule has 1 amide bonds. The van der Waals surface area contributed by atoms with Crippen molar-refractivity contribution in [3.63, 3.8) is 0 Å². The molecule has 2 rings (SSSR count). The number of rotatable bonds is 6. The molecule has 0 unspecified atom stereocenters. The molecular formula is C15H17BN4O3. The van der Waals surface area contributed by atoms with Crippen LogP contribution in [0.25, 0.3) is 6.08 Å². The maximum absolute atomic E-state index is 12.2. The van der Waals surface area contributed by atoms with Crippen LogP contribution in [-0.2, 0) is 14.3 Å². The summed E-state index contributed by atoms with van der Waals surface area (Å²) in [6.45, 7) is 3.64. The van der Waals surface area contributed by atoms with Crippen molar-refractivity contribution in [2.24, 2.45) is 4.99 Å². The van der Waals surface area contributed by atoms with E-state index in [2.05, 4.69) is 15.0 Å². The van der Waals surface area contributed by atoms with Gasteiger partial charge in [0.25, 0.3) is 0 Å². The molecule has 8 heteroatoms. The second kappa shape index (κ2) is 7.67. The molecule has 7 nitrogen and oxygen atoms in total. The van der Waals surface area contributed by atoms with Gasteiger partial charge in [0.1, 0.15) is 5.82 Å². The molecule has 1 aromatic heterocycles. The van der Waals surface area contributed by atoms with Crippen LogP contribution in [0.1, 0.15) is 24.7 Å². The van der Waals surface area contributed by atoms with Crippen molar-refractivity contribution in [1.29, 1.82) is 0 Å². The van der Waals surface area contributed by atoms with Gasteiger partial charge in [0, 0.05) is 0 Å². The van der Waals surface area contributed by atoms with Gasteiger partial charge in [0.2, 0.25) is 0 Å². The number of aryl methyl sites for hydroxylation is 1. The fraction of sp³-hybridized carbons (Fsp3) is 0.400. The summed E-state index contributed by atoms with van der Waals surface area (Å²) in [5.74, 6) is 0.244. The number of aromatic nitrogens is 2. The summed E-state index contributed by atoms with van der Waals surface area (Å²) in [5, 5.41) is 0. The Hall–Kier alpha value is -2.51. The van der Waals surface area contributed by atoms with Gasteiger partial charge in [-0.15, -0.1) is 0 Å². The molecule has 0 aromatic carbocycles. The predicted molar refractivity (Wildman–Crippen MR) is 85.3 cm³/mol. The Morgan fingerprint density at radius 3 is 2.83 bits per heavy atom. The number of amides is 1. The van der Waals surface area contributed by atoms with E-state index in [1.165, 1.54) is 11.0 Å². The number of likely N-dealkylation sites (tertiary alicyclic amines) is 1. The number of carbonyl (C=O) groups excluding carboxylic acids is 2. The van der Waals surface area contributed by atoms with Gasteiger partial charge in [-0.05, 0) is 6.92 Å². The molecule has 0 saturated carbocycles. The number of ketones is 1. The van der Waals surface area contributed by atoms with Crippen molar-refractivity contribution in [3.05, 3.63) is 29.9 Å². The third-order valence-electron chi connectivity index (χ3n) is 3.58. The van der Waals surface area contributed by atoms with Crippen LogP contribution < -0.4 is 0 Å². The first-order chi connectivity index (χ1) is 11.0. The Morgan fingerprint density at radius 1 is 1.48 bits per heavy atom. The quantitative estimate of drug-likeness (QED) is 0.431. The van der Waals surface area contributed by atoms with E-state index in [1.54, 1.807) is 25.4 Å².